The van der Waals surface area contributed by atoms with Crippen molar-refractivity contribution in [1.29, 1.82) is 5.41 Å². The standard InChI is InChI=1S/C22H26N4O4/c1-13(2)14-5-9-17(10-6-14)26-11-12-30-19(22(26)29)18(27)21(28)25-16-7-3-15(4-8-16)20(23)24/h3-10,13,18-19,27H,11-12H2,1-2H3,(H3,23,24)(H,25,28)/t18-,19-/m1/s1. The number of carbonyl (C=O) groups excluding carboxylic acids is 2. The third kappa shape index (κ3) is 4.67. The monoisotopic (exact) mass is 410 g/mol. The van der Waals surface area contributed by atoms with Crippen molar-refractivity contribution in [3.63, 3.8) is 0 Å². The summed E-state index contributed by atoms with van der Waals surface area (Å²) in [5.41, 5.74) is 8.19. The number of hydrogen-bond acceptors (Lipinski definition) is 5. The zero-order chi connectivity index (χ0) is 21.8. The van der Waals surface area contributed by atoms with Crippen LogP contribution in [0.3, 0.4) is 0 Å². The first-order chi connectivity index (χ1) is 14.3. The summed E-state index contributed by atoms with van der Waals surface area (Å²) in [6, 6.07) is 13.9. The number of aliphatic hydroxyl groups excluding tert-OH is 1. The maximum atomic E-state index is 12.9. The number of benzene rings is 2. The molecule has 1 saturated heterocycles. The Bertz CT molecular complexity index is 925. The minimum absolute atomic E-state index is 0.0874. The maximum absolute atomic E-state index is 12.9. The van der Waals surface area contributed by atoms with Crippen LogP contribution in [0, 0.1) is 5.41 Å². The number of hydrogen-bond donors (Lipinski definition) is 4. The van der Waals surface area contributed by atoms with Crippen LogP contribution in [0.4, 0.5) is 11.4 Å². The first-order valence-electron chi connectivity index (χ1n) is 9.74. The molecule has 2 amide bonds. The number of nitrogen functional groups attached to an aromatic ring is 1. The molecule has 0 aromatic heterocycles. The number of amides is 2. The smallest absolute Gasteiger partial charge is 0.259 e. The Morgan fingerprint density at radius 2 is 1.83 bits per heavy atom. The lowest BCUT2D eigenvalue weighted by Gasteiger charge is -2.34. The molecule has 1 aliphatic heterocycles. The number of anilines is 2. The quantitative estimate of drug-likeness (QED) is 0.427. The maximum Gasteiger partial charge on any atom is 0.259 e. The van der Waals surface area contributed by atoms with Crippen molar-refractivity contribution in [2.45, 2.75) is 32.0 Å². The second-order valence-electron chi connectivity index (χ2n) is 7.45. The van der Waals surface area contributed by atoms with Crippen molar-refractivity contribution >= 4 is 29.0 Å². The van der Waals surface area contributed by atoms with E-state index in [-0.39, 0.29) is 12.4 Å². The molecule has 8 nitrogen and oxygen atoms in total. The van der Waals surface area contributed by atoms with E-state index in [1.807, 2.05) is 24.3 Å². The minimum Gasteiger partial charge on any atom is -0.384 e. The molecular weight excluding hydrogens is 384 g/mol. The molecule has 5 N–H and O–H groups in total. The van der Waals surface area contributed by atoms with Crippen LogP contribution in [0.15, 0.2) is 48.5 Å². The zero-order valence-electron chi connectivity index (χ0n) is 17.0. The fourth-order valence-electron chi connectivity index (χ4n) is 3.21. The van der Waals surface area contributed by atoms with Gasteiger partial charge in [0, 0.05) is 23.5 Å². The van der Waals surface area contributed by atoms with Gasteiger partial charge >= 0.3 is 0 Å². The number of rotatable bonds is 6. The van der Waals surface area contributed by atoms with E-state index in [0.717, 1.165) is 5.56 Å². The highest BCUT2D eigenvalue weighted by Crippen LogP contribution is 2.24. The highest BCUT2D eigenvalue weighted by Gasteiger charge is 2.39. The molecule has 0 saturated carbocycles. The van der Waals surface area contributed by atoms with E-state index in [1.165, 1.54) is 4.90 Å². The van der Waals surface area contributed by atoms with Gasteiger partial charge in [0.1, 0.15) is 5.84 Å². The Hall–Kier alpha value is -3.23. The van der Waals surface area contributed by atoms with Crippen LogP contribution in [-0.2, 0) is 14.3 Å². The summed E-state index contributed by atoms with van der Waals surface area (Å²) in [5.74, 6) is -0.924. The first kappa shape index (κ1) is 21.5. The van der Waals surface area contributed by atoms with Gasteiger partial charge in [-0.15, -0.1) is 0 Å². The molecule has 0 radical (unpaired) electrons. The largest absolute Gasteiger partial charge is 0.384 e. The lowest BCUT2D eigenvalue weighted by molar-refractivity contribution is -0.150. The highest BCUT2D eigenvalue weighted by molar-refractivity contribution is 6.04. The fraction of sp³-hybridized carbons (Fsp3) is 0.318. The molecule has 1 aliphatic rings. The van der Waals surface area contributed by atoms with E-state index < -0.39 is 24.0 Å². The summed E-state index contributed by atoms with van der Waals surface area (Å²) in [6.07, 6.45) is -2.96. The van der Waals surface area contributed by atoms with Gasteiger partial charge in [0.2, 0.25) is 0 Å². The van der Waals surface area contributed by atoms with Crippen LogP contribution in [0.1, 0.15) is 30.9 Å². The van der Waals surface area contributed by atoms with Crippen molar-refractivity contribution in [2.75, 3.05) is 23.4 Å². The molecule has 8 heteroatoms. The van der Waals surface area contributed by atoms with Gasteiger partial charge in [0.05, 0.1) is 6.61 Å². The molecule has 0 aliphatic carbocycles. The Labute approximate surface area is 175 Å². The predicted octanol–water partition coefficient (Wildman–Crippen LogP) is 1.83. The highest BCUT2D eigenvalue weighted by atomic mass is 16.5. The molecule has 0 unspecified atom stereocenters. The Balaban J connectivity index is 1.68. The van der Waals surface area contributed by atoms with Gasteiger partial charge in [-0.25, -0.2) is 0 Å². The molecular formula is C22H26N4O4. The summed E-state index contributed by atoms with van der Waals surface area (Å²) in [7, 11) is 0. The average Bonchev–Trinajstić information content (AvgIpc) is 2.74. The van der Waals surface area contributed by atoms with Gasteiger partial charge in [0.15, 0.2) is 12.2 Å². The fourth-order valence-corrected chi connectivity index (χ4v) is 3.21. The van der Waals surface area contributed by atoms with E-state index in [9.17, 15) is 14.7 Å². The average molecular weight is 410 g/mol. The summed E-state index contributed by atoms with van der Waals surface area (Å²) >= 11 is 0. The predicted molar refractivity (Wildman–Crippen MR) is 115 cm³/mol. The SMILES string of the molecule is CC(C)c1ccc(N2CCO[C@H]([C@@H](O)C(=O)Nc3ccc(C(=N)N)cc3)C2=O)cc1. The van der Waals surface area contributed by atoms with Crippen molar-refractivity contribution in [2.24, 2.45) is 5.73 Å². The van der Waals surface area contributed by atoms with Crippen LogP contribution in [0.5, 0.6) is 0 Å². The van der Waals surface area contributed by atoms with Crippen LogP contribution in [-0.4, -0.2) is 48.1 Å². The third-order valence-corrected chi connectivity index (χ3v) is 5.01. The molecule has 0 spiro atoms. The Morgan fingerprint density at radius 3 is 2.40 bits per heavy atom. The van der Waals surface area contributed by atoms with E-state index in [1.54, 1.807) is 24.3 Å². The van der Waals surface area contributed by atoms with Gasteiger partial charge in [0.25, 0.3) is 11.8 Å². The summed E-state index contributed by atoms with van der Waals surface area (Å²) in [5, 5.41) is 20.4. The number of aliphatic hydroxyl groups is 1. The van der Waals surface area contributed by atoms with Crippen molar-refractivity contribution in [3.8, 4) is 0 Å². The second kappa shape index (κ2) is 9.06. The number of carbonyl (C=O) groups is 2. The van der Waals surface area contributed by atoms with E-state index in [4.69, 9.17) is 15.9 Å². The van der Waals surface area contributed by atoms with Gasteiger partial charge in [-0.1, -0.05) is 26.0 Å². The molecule has 158 valence electrons. The summed E-state index contributed by atoms with van der Waals surface area (Å²) < 4.78 is 5.43. The van der Waals surface area contributed by atoms with E-state index in [2.05, 4.69) is 19.2 Å². The topological polar surface area (TPSA) is 129 Å². The summed E-state index contributed by atoms with van der Waals surface area (Å²) in [4.78, 5) is 26.9. The van der Waals surface area contributed by atoms with E-state index in [0.29, 0.717) is 29.4 Å². The van der Waals surface area contributed by atoms with Crippen LogP contribution in [0.2, 0.25) is 0 Å². The van der Waals surface area contributed by atoms with Crippen LogP contribution >= 0.6 is 0 Å². The lowest BCUT2D eigenvalue weighted by atomic mass is 10.0. The number of nitrogens with zero attached hydrogens (tertiary/aromatic N) is 1. The van der Waals surface area contributed by atoms with Gasteiger partial charge in [-0.2, -0.15) is 0 Å². The van der Waals surface area contributed by atoms with Crippen molar-refractivity contribution < 1.29 is 19.4 Å². The van der Waals surface area contributed by atoms with Crippen molar-refractivity contribution in [3.05, 3.63) is 59.7 Å². The van der Waals surface area contributed by atoms with Crippen molar-refractivity contribution in [1.82, 2.24) is 0 Å². The van der Waals surface area contributed by atoms with Gasteiger partial charge in [-0.3, -0.25) is 15.0 Å². The Morgan fingerprint density at radius 1 is 1.20 bits per heavy atom. The number of amidine groups is 1. The molecule has 2 atom stereocenters. The number of nitrogens with two attached hydrogens (primary N) is 1. The summed E-state index contributed by atoms with van der Waals surface area (Å²) in [6.45, 7) is 4.73. The molecule has 3 rings (SSSR count). The Kier molecular flexibility index (Phi) is 6.49. The van der Waals surface area contributed by atoms with Gasteiger partial charge < -0.3 is 25.8 Å². The normalized spacial score (nSPS) is 17.7. The molecule has 2 aromatic carbocycles. The number of morpholine rings is 1. The molecule has 0 bridgehead atoms. The molecule has 30 heavy (non-hydrogen) atoms. The number of ether oxygens (including phenoxy) is 1. The number of nitrogens with one attached hydrogen (secondary N) is 2. The zero-order valence-corrected chi connectivity index (χ0v) is 17.0. The van der Waals surface area contributed by atoms with Crippen LogP contribution < -0.4 is 16.0 Å². The molecule has 2 aromatic rings. The third-order valence-electron chi connectivity index (χ3n) is 5.01. The van der Waals surface area contributed by atoms with Gasteiger partial charge in [-0.05, 0) is 47.9 Å². The minimum atomic E-state index is -1.66. The first-order valence-corrected chi connectivity index (χ1v) is 9.74. The van der Waals surface area contributed by atoms with E-state index >= 15 is 0 Å². The van der Waals surface area contributed by atoms with Crippen LogP contribution in [0.25, 0.3) is 0 Å². The lowest BCUT2D eigenvalue weighted by Crippen LogP contribution is -2.55. The molecule has 1 heterocycles. The second-order valence-corrected chi connectivity index (χ2v) is 7.45. The molecule has 1 fully saturated rings.